The first-order valence-electron chi connectivity index (χ1n) is 12.1. The number of hydrogen-bond acceptors (Lipinski definition) is 9. The molecule has 0 unspecified atom stereocenters. The van der Waals surface area contributed by atoms with Gasteiger partial charge in [-0.05, 0) is 33.1 Å². The van der Waals surface area contributed by atoms with Crippen LogP contribution in [0.3, 0.4) is 0 Å². The van der Waals surface area contributed by atoms with E-state index < -0.39 is 5.60 Å². The van der Waals surface area contributed by atoms with Crippen molar-refractivity contribution in [3.63, 3.8) is 0 Å². The van der Waals surface area contributed by atoms with E-state index in [0.717, 1.165) is 0 Å². The fourth-order valence-corrected chi connectivity index (χ4v) is 5.12. The van der Waals surface area contributed by atoms with E-state index in [1.165, 1.54) is 30.5 Å². The molecule has 10 nitrogen and oxygen atoms in total. The Balaban J connectivity index is 1.65. The maximum absolute atomic E-state index is 13.9. The lowest BCUT2D eigenvalue weighted by molar-refractivity contribution is -0.0645. The normalized spacial score (nSPS) is 13.9. The second-order valence-corrected chi connectivity index (χ2v) is 11.3. The number of amides is 1. The summed E-state index contributed by atoms with van der Waals surface area (Å²) in [6.07, 6.45) is 2.97. The maximum Gasteiger partial charge on any atom is 0.410 e. The molecule has 1 aromatic carbocycles. The Morgan fingerprint density at radius 2 is 1.77 bits per heavy atom. The number of fused-ring (bicyclic) bond motifs is 1. The third kappa shape index (κ3) is 6.21. The Hall–Kier alpha value is -2.73. The first kappa shape index (κ1) is 29.3. The van der Waals surface area contributed by atoms with Gasteiger partial charge in [0.2, 0.25) is 0 Å². The fraction of sp³-hybridized carbons (Fsp3) is 0.462. The first-order chi connectivity index (χ1) is 18.5. The monoisotopic (exact) mass is 596 g/mol. The number of thioether (sulfide) groups is 1. The Morgan fingerprint density at radius 3 is 2.33 bits per heavy atom. The molecule has 1 saturated heterocycles. The number of hydrogen-bond donors (Lipinski definition) is 0. The Kier molecular flexibility index (Phi) is 8.85. The first-order valence-corrected chi connectivity index (χ1v) is 14.1. The summed E-state index contributed by atoms with van der Waals surface area (Å²) in [6.45, 7) is 6.71. The van der Waals surface area contributed by atoms with Crippen molar-refractivity contribution in [2.45, 2.75) is 44.2 Å². The van der Waals surface area contributed by atoms with Gasteiger partial charge in [-0.1, -0.05) is 35.0 Å². The van der Waals surface area contributed by atoms with Crippen LogP contribution in [-0.2, 0) is 16.0 Å². The van der Waals surface area contributed by atoms with Crippen LogP contribution in [-0.4, -0.2) is 77.4 Å². The largest absolute Gasteiger partial charge is 0.495 e. The highest BCUT2D eigenvalue weighted by atomic mass is 35.5. The number of ether oxygens (including phenoxy) is 4. The van der Waals surface area contributed by atoms with Crippen LogP contribution in [0.2, 0.25) is 10.0 Å². The summed E-state index contributed by atoms with van der Waals surface area (Å²) in [4.78, 5) is 36.6. The molecular formula is C26H30Cl2N4O6S. The molecule has 0 spiro atoms. The third-order valence-corrected chi connectivity index (χ3v) is 7.31. The van der Waals surface area contributed by atoms with E-state index in [-0.39, 0.29) is 52.1 Å². The van der Waals surface area contributed by atoms with Gasteiger partial charge in [-0.2, -0.15) is 0 Å². The summed E-state index contributed by atoms with van der Waals surface area (Å²) in [5, 5.41) is 1.51. The average molecular weight is 598 g/mol. The molecule has 1 fully saturated rings. The molecule has 0 N–H and O–H groups in total. The van der Waals surface area contributed by atoms with E-state index >= 15 is 0 Å². The number of carbonyl (C=O) groups excluding carboxylic acids is 1. The molecule has 0 bridgehead atoms. The van der Waals surface area contributed by atoms with Crippen LogP contribution >= 0.6 is 35.0 Å². The summed E-state index contributed by atoms with van der Waals surface area (Å²) >= 11 is 14.6. The molecule has 1 aliphatic heterocycles. The predicted molar refractivity (Wildman–Crippen MR) is 152 cm³/mol. The molecule has 0 aliphatic carbocycles. The summed E-state index contributed by atoms with van der Waals surface area (Å²) in [6, 6.07) is 3.23. The molecular weight excluding hydrogens is 567 g/mol. The fourth-order valence-electron chi connectivity index (χ4n) is 4.08. The minimum Gasteiger partial charge on any atom is -0.495 e. The number of methoxy groups -OCH3 is 2. The Labute approximate surface area is 240 Å². The van der Waals surface area contributed by atoms with E-state index in [2.05, 4.69) is 9.97 Å². The molecule has 0 saturated carbocycles. The van der Waals surface area contributed by atoms with Crippen molar-refractivity contribution in [2.24, 2.45) is 0 Å². The highest BCUT2D eigenvalue weighted by Gasteiger charge is 2.34. The zero-order chi connectivity index (χ0) is 28.5. The average Bonchev–Trinajstić information content (AvgIpc) is 2.85. The van der Waals surface area contributed by atoms with Gasteiger partial charge >= 0.3 is 6.09 Å². The number of carbonyl (C=O) groups is 1. The van der Waals surface area contributed by atoms with Crippen LogP contribution in [0.15, 0.2) is 28.3 Å². The molecule has 210 valence electrons. The smallest absolute Gasteiger partial charge is 0.410 e. The van der Waals surface area contributed by atoms with Crippen LogP contribution in [0.25, 0.3) is 22.2 Å². The van der Waals surface area contributed by atoms with Gasteiger partial charge in [0.1, 0.15) is 22.7 Å². The van der Waals surface area contributed by atoms with Crippen LogP contribution in [0.1, 0.15) is 20.8 Å². The van der Waals surface area contributed by atoms with Gasteiger partial charge in [-0.15, -0.1) is 0 Å². The molecule has 4 rings (SSSR count). The van der Waals surface area contributed by atoms with Crippen molar-refractivity contribution in [2.75, 3.05) is 40.2 Å². The number of aromatic nitrogens is 3. The van der Waals surface area contributed by atoms with Crippen LogP contribution in [0.5, 0.6) is 11.5 Å². The van der Waals surface area contributed by atoms with Crippen molar-refractivity contribution >= 4 is 52.1 Å². The van der Waals surface area contributed by atoms with Crippen molar-refractivity contribution < 1.29 is 23.7 Å². The second-order valence-electron chi connectivity index (χ2n) is 9.81. The third-order valence-electron chi connectivity index (χ3n) is 6.00. The SMILES string of the molecule is COc1cc(OC)c(Cl)c(-c2cc3cnc(SC)nc3n(CCOC3CN(C(=O)OC(C)(C)C)C3)c2=O)c1Cl. The minimum atomic E-state index is -0.563. The summed E-state index contributed by atoms with van der Waals surface area (Å²) < 4.78 is 23.7. The summed E-state index contributed by atoms with van der Waals surface area (Å²) in [5.74, 6) is 0.631. The molecule has 1 aliphatic rings. The summed E-state index contributed by atoms with van der Waals surface area (Å²) in [7, 11) is 2.94. The summed E-state index contributed by atoms with van der Waals surface area (Å²) in [5.41, 5.74) is 0.0662. The van der Waals surface area contributed by atoms with Gasteiger partial charge in [-0.3, -0.25) is 9.36 Å². The minimum absolute atomic E-state index is 0.161. The number of halogens is 2. The van der Waals surface area contributed by atoms with E-state index in [4.69, 9.17) is 42.1 Å². The van der Waals surface area contributed by atoms with Crippen LogP contribution < -0.4 is 15.0 Å². The van der Waals surface area contributed by atoms with Crippen LogP contribution in [0, 0.1) is 0 Å². The zero-order valence-corrected chi connectivity index (χ0v) is 24.9. The molecule has 0 radical (unpaired) electrons. The quantitative estimate of drug-likeness (QED) is 0.258. The molecule has 0 atom stereocenters. The van der Waals surface area contributed by atoms with E-state index in [9.17, 15) is 9.59 Å². The van der Waals surface area contributed by atoms with Gasteiger partial charge in [0, 0.05) is 23.2 Å². The maximum atomic E-state index is 13.9. The topological polar surface area (TPSA) is 105 Å². The number of benzene rings is 1. The Bertz CT molecular complexity index is 1430. The van der Waals surface area contributed by atoms with Gasteiger partial charge in [0.15, 0.2) is 5.16 Å². The molecule has 1 amide bonds. The predicted octanol–water partition coefficient (Wildman–Crippen LogP) is 5.14. The Morgan fingerprint density at radius 1 is 1.13 bits per heavy atom. The molecule has 13 heteroatoms. The van der Waals surface area contributed by atoms with E-state index in [1.807, 2.05) is 27.0 Å². The van der Waals surface area contributed by atoms with Gasteiger partial charge in [0.05, 0.1) is 62.2 Å². The number of nitrogens with zero attached hydrogens (tertiary/aromatic N) is 4. The highest BCUT2D eigenvalue weighted by molar-refractivity contribution is 7.98. The van der Waals surface area contributed by atoms with Crippen LogP contribution in [0.4, 0.5) is 4.79 Å². The highest BCUT2D eigenvalue weighted by Crippen LogP contribution is 2.45. The standard InChI is InChI=1S/C26H30Cl2N4O6S/c1-26(2,3)38-25(34)31-12-15(13-31)37-8-7-32-22-14(11-29-24(30-22)39-6)9-16(23(32)33)19-20(27)17(35-4)10-18(36-5)21(19)28/h9-11,15H,7-8,12-13H2,1-6H3. The molecule has 2 aromatic heterocycles. The lowest BCUT2D eigenvalue weighted by Gasteiger charge is -2.39. The van der Waals surface area contributed by atoms with Gasteiger partial charge in [0.25, 0.3) is 5.56 Å². The molecule has 3 aromatic rings. The van der Waals surface area contributed by atoms with Crippen molar-refractivity contribution in [3.8, 4) is 22.6 Å². The van der Waals surface area contributed by atoms with E-state index in [0.29, 0.717) is 40.8 Å². The van der Waals surface area contributed by atoms with E-state index in [1.54, 1.807) is 23.2 Å². The number of rotatable bonds is 8. The second kappa shape index (κ2) is 11.8. The number of likely N-dealkylation sites (tertiary alicyclic amines) is 1. The number of pyridine rings is 1. The van der Waals surface area contributed by atoms with Gasteiger partial charge in [-0.25, -0.2) is 14.8 Å². The van der Waals surface area contributed by atoms with Crippen molar-refractivity contribution in [3.05, 3.63) is 38.7 Å². The van der Waals surface area contributed by atoms with Crippen molar-refractivity contribution in [1.82, 2.24) is 19.4 Å². The molecule has 3 heterocycles. The lowest BCUT2D eigenvalue weighted by atomic mass is 10.0. The molecule has 39 heavy (non-hydrogen) atoms. The van der Waals surface area contributed by atoms with Gasteiger partial charge < -0.3 is 23.8 Å². The lowest BCUT2D eigenvalue weighted by Crippen LogP contribution is -2.56. The zero-order valence-electron chi connectivity index (χ0n) is 22.5. The van der Waals surface area contributed by atoms with Crippen molar-refractivity contribution in [1.29, 1.82) is 0 Å².